The molecule has 1 fully saturated rings. The summed E-state index contributed by atoms with van der Waals surface area (Å²) < 4.78 is 5.68. The smallest absolute Gasteiger partial charge is 0.125 e. The fourth-order valence-corrected chi connectivity index (χ4v) is 3.75. The second-order valence-electron chi connectivity index (χ2n) is 7.67. The monoisotopic (exact) mass is 289 g/mol. The Morgan fingerprint density at radius 2 is 1.76 bits per heavy atom. The van der Waals surface area contributed by atoms with E-state index in [1.165, 1.54) is 48.8 Å². The van der Waals surface area contributed by atoms with Crippen LogP contribution in [0.3, 0.4) is 0 Å². The average Bonchev–Trinajstić information content (AvgIpc) is 2.46. The lowest BCUT2D eigenvalue weighted by Crippen LogP contribution is -2.37. The highest BCUT2D eigenvalue weighted by atomic mass is 16.5. The first-order chi connectivity index (χ1) is 9.84. The predicted octanol–water partition coefficient (Wildman–Crippen LogP) is 4.46. The van der Waals surface area contributed by atoms with Gasteiger partial charge in [-0.15, -0.1) is 0 Å². The summed E-state index contributed by atoms with van der Waals surface area (Å²) >= 11 is 0. The molecule has 0 radical (unpaired) electrons. The zero-order chi connectivity index (χ0) is 15.7. The highest BCUT2D eigenvalue weighted by Crippen LogP contribution is 2.43. The van der Waals surface area contributed by atoms with Gasteiger partial charge in [0, 0.05) is 17.5 Å². The Morgan fingerprint density at radius 3 is 2.24 bits per heavy atom. The first-order valence-corrected chi connectivity index (χ1v) is 8.24. The summed E-state index contributed by atoms with van der Waals surface area (Å²) in [6.07, 6.45) is 6.39. The van der Waals surface area contributed by atoms with Crippen LogP contribution in [0.4, 0.5) is 0 Å². The van der Waals surface area contributed by atoms with Crippen molar-refractivity contribution in [1.29, 1.82) is 0 Å². The van der Waals surface area contributed by atoms with Crippen LogP contribution in [0, 0.1) is 6.92 Å². The van der Waals surface area contributed by atoms with Gasteiger partial charge in [0.15, 0.2) is 0 Å². The Hall–Kier alpha value is -1.02. The molecule has 0 unspecified atom stereocenters. The molecule has 21 heavy (non-hydrogen) atoms. The number of aryl methyl sites for hydroxylation is 1. The van der Waals surface area contributed by atoms with Gasteiger partial charge in [-0.3, -0.25) is 0 Å². The number of ether oxygens (including phenoxy) is 1. The predicted molar refractivity (Wildman–Crippen MR) is 90.2 cm³/mol. The van der Waals surface area contributed by atoms with E-state index in [1.54, 1.807) is 7.11 Å². The number of nitrogens with two attached hydrogens (primary N) is 1. The first-order valence-electron chi connectivity index (χ1n) is 8.24. The quantitative estimate of drug-likeness (QED) is 0.891. The molecule has 0 bridgehead atoms. The van der Waals surface area contributed by atoms with Crippen molar-refractivity contribution in [3.8, 4) is 5.75 Å². The van der Waals surface area contributed by atoms with E-state index in [4.69, 9.17) is 10.5 Å². The van der Waals surface area contributed by atoms with E-state index in [0.717, 1.165) is 12.3 Å². The summed E-state index contributed by atoms with van der Waals surface area (Å²) in [7, 11) is 1.77. The molecule has 0 aromatic heterocycles. The van der Waals surface area contributed by atoms with Crippen LogP contribution in [-0.2, 0) is 10.8 Å². The average molecular weight is 289 g/mol. The molecular weight excluding hydrogens is 258 g/mol. The lowest BCUT2D eigenvalue weighted by molar-refractivity contribution is 0.299. The highest BCUT2D eigenvalue weighted by molar-refractivity contribution is 5.49. The molecule has 1 aliphatic carbocycles. The van der Waals surface area contributed by atoms with Crippen LogP contribution in [0.2, 0.25) is 0 Å². The van der Waals surface area contributed by atoms with Crippen molar-refractivity contribution in [2.75, 3.05) is 13.7 Å². The molecule has 1 aromatic rings. The van der Waals surface area contributed by atoms with Crippen LogP contribution in [0.15, 0.2) is 12.1 Å². The molecule has 0 heterocycles. The van der Waals surface area contributed by atoms with Gasteiger partial charge in [0.05, 0.1) is 7.11 Å². The maximum Gasteiger partial charge on any atom is 0.125 e. The van der Waals surface area contributed by atoms with Crippen molar-refractivity contribution in [2.45, 2.75) is 70.6 Å². The Bertz CT molecular complexity index is 493. The molecule has 118 valence electrons. The zero-order valence-corrected chi connectivity index (χ0v) is 14.4. The second kappa shape index (κ2) is 6.00. The molecule has 2 heteroatoms. The Labute approximate surface area is 130 Å². The van der Waals surface area contributed by atoms with Crippen LogP contribution >= 0.6 is 0 Å². The molecule has 2 N–H and O–H groups in total. The maximum absolute atomic E-state index is 6.22. The number of benzene rings is 1. The van der Waals surface area contributed by atoms with Gasteiger partial charge >= 0.3 is 0 Å². The standard InChI is InChI=1S/C19H31NO/c1-14-11-15(19(13-20)9-7-6-8-10-19)12-16(17(14)21-5)18(2,3)4/h11-12H,6-10,13,20H2,1-5H3. The minimum Gasteiger partial charge on any atom is -0.496 e. The Balaban J connectivity index is 2.57. The topological polar surface area (TPSA) is 35.2 Å². The highest BCUT2D eigenvalue weighted by Gasteiger charge is 2.34. The molecule has 1 saturated carbocycles. The van der Waals surface area contributed by atoms with Crippen LogP contribution in [0.25, 0.3) is 0 Å². The molecule has 1 aliphatic rings. The molecular formula is C19H31NO. The fourth-order valence-electron chi connectivity index (χ4n) is 3.75. The lowest BCUT2D eigenvalue weighted by atomic mass is 9.68. The van der Waals surface area contributed by atoms with Gasteiger partial charge in [0.1, 0.15) is 5.75 Å². The van der Waals surface area contributed by atoms with E-state index >= 15 is 0 Å². The van der Waals surface area contributed by atoms with Crippen molar-refractivity contribution in [2.24, 2.45) is 5.73 Å². The Kier molecular flexibility index (Phi) is 4.67. The lowest BCUT2D eigenvalue weighted by Gasteiger charge is -2.38. The third kappa shape index (κ3) is 3.11. The SMILES string of the molecule is COc1c(C)cc(C2(CN)CCCCC2)cc1C(C)(C)C. The molecule has 1 aromatic carbocycles. The van der Waals surface area contributed by atoms with E-state index in [9.17, 15) is 0 Å². The summed E-state index contributed by atoms with van der Waals surface area (Å²) in [4.78, 5) is 0. The molecule has 0 spiro atoms. The van der Waals surface area contributed by atoms with Crippen molar-refractivity contribution < 1.29 is 4.74 Å². The molecule has 0 atom stereocenters. The summed E-state index contributed by atoms with van der Waals surface area (Å²) in [6.45, 7) is 9.67. The third-order valence-corrected chi connectivity index (χ3v) is 5.10. The van der Waals surface area contributed by atoms with Crippen molar-refractivity contribution >= 4 is 0 Å². The number of hydrogen-bond acceptors (Lipinski definition) is 2. The van der Waals surface area contributed by atoms with Crippen LogP contribution in [0.5, 0.6) is 5.75 Å². The third-order valence-electron chi connectivity index (χ3n) is 5.10. The summed E-state index contributed by atoms with van der Waals surface area (Å²) in [6, 6.07) is 4.68. The number of hydrogen-bond donors (Lipinski definition) is 1. The van der Waals surface area contributed by atoms with E-state index < -0.39 is 0 Å². The first kappa shape index (κ1) is 16.4. The largest absolute Gasteiger partial charge is 0.496 e. The van der Waals surface area contributed by atoms with E-state index in [0.29, 0.717) is 0 Å². The van der Waals surface area contributed by atoms with Crippen molar-refractivity contribution in [3.63, 3.8) is 0 Å². The van der Waals surface area contributed by atoms with Crippen molar-refractivity contribution in [3.05, 3.63) is 28.8 Å². The normalized spacial score (nSPS) is 18.6. The molecule has 2 rings (SSSR count). The van der Waals surface area contributed by atoms with Crippen LogP contribution in [-0.4, -0.2) is 13.7 Å². The van der Waals surface area contributed by atoms with Crippen LogP contribution in [0.1, 0.15) is 69.6 Å². The van der Waals surface area contributed by atoms with Gasteiger partial charge in [-0.25, -0.2) is 0 Å². The van der Waals surface area contributed by atoms with Gasteiger partial charge < -0.3 is 10.5 Å². The number of rotatable bonds is 3. The molecule has 0 saturated heterocycles. The van der Waals surface area contributed by atoms with Gasteiger partial charge in [0.2, 0.25) is 0 Å². The molecule has 0 aliphatic heterocycles. The molecule has 2 nitrogen and oxygen atoms in total. The van der Waals surface area contributed by atoms with Gasteiger partial charge in [-0.2, -0.15) is 0 Å². The summed E-state index contributed by atoms with van der Waals surface area (Å²) in [5.41, 5.74) is 10.4. The van der Waals surface area contributed by atoms with Gasteiger partial charge in [-0.05, 0) is 36.3 Å². The Morgan fingerprint density at radius 1 is 1.14 bits per heavy atom. The van der Waals surface area contributed by atoms with Gasteiger partial charge in [-0.1, -0.05) is 52.2 Å². The zero-order valence-electron chi connectivity index (χ0n) is 14.4. The minimum absolute atomic E-state index is 0.0799. The van der Waals surface area contributed by atoms with Crippen molar-refractivity contribution in [1.82, 2.24) is 0 Å². The second-order valence-corrected chi connectivity index (χ2v) is 7.67. The van der Waals surface area contributed by atoms with Gasteiger partial charge in [0.25, 0.3) is 0 Å². The maximum atomic E-state index is 6.22. The van der Waals surface area contributed by atoms with E-state index in [1.807, 2.05) is 0 Å². The summed E-state index contributed by atoms with van der Waals surface area (Å²) in [5.74, 6) is 1.04. The van der Waals surface area contributed by atoms with E-state index in [2.05, 4.69) is 39.8 Å². The van der Waals surface area contributed by atoms with E-state index in [-0.39, 0.29) is 10.8 Å². The minimum atomic E-state index is 0.0799. The number of methoxy groups -OCH3 is 1. The molecule has 0 amide bonds. The van der Waals surface area contributed by atoms with Crippen LogP contribution < -0.4 is 10.5 Å². The fraction of sp³-hybridized carbons (Fsp3) is 0.684. The summed E-state index contributed by atoms with van der Waals surface area (Å²) in [5, 5.41) is 0.